The summed E-state index contributed by atoms with van der Waals surface area (Å²) < 4.78 is 6.93. The fourth-order valence-corrected chi connectivity index (χ4v) is 4.57. The molecule has 0 unspecified atom stereocenters. The molecule has 3 aromatic rings. The van der Waals surface area contributed by atoms with Crippen LogP contribution in [0.1, 0.15) is 61.0 Å². The van der Waals surface area contributed by atoms with Crippen molar-refractivity contribution in [3.63, 3.8) is 0 Å². The maximum absolute atomic E-state index is 13.6. The van der Waals surface area contributed by atoms with Gasteiger partial charge in [0.2, 0.25) is 11.8 Å². The molecular weight excluding hydrogens is 470 g/mol. The predicted molar refractivity (Wildman–Crippen MR) is 143 cm³/mol. The largest absolute Gasteiger partial charge is 0.481 e. The molecule has 8 nitrogen and oxygen atoms in total. The summed E-state index contributed by atoms with van der Waals surface area (Å²) in [6, 6.07) is 9.38. The second-order valence-electron chi connectivity index (χ2n) is 9.85. The van der Waals surface area contributed by atoms with Crippen LogP contribution in [0, 0.1) is 26.7 Å². The summed E-state index contributed by atoms with van der Waals surface area (Å²) >= 11 is 0. The maximum atomic E-state index is 13.6. The summed E-state index contributed by atoms with van der Waals surface area (Å²) in [5.74, 6) is -0.955. The van der Waals surface area contributed by atoms with E-state index in [-0.39, 0.29) is 17.9 Å². The van der Waals surface area contributed by atoms with Gasteiger partial charge in [-0.3, -0.25) is 14.4 Å². The first-order valence-electron chi connectivity index (χ1n) is 12.3. The average Bonchev–Trinajstić information content (AvgIpc) is 2.82. The van der Waals surface area contributed by atoms with Crippen molar-refractivity contribution >= 4 is 11.9 Å². The number of aryl methyl sites for hydroxylation is 3. The van der Waals surface area contributed by atoms with Gasteiger partial charge < -0.3 is 19.7 Å². The summed E-state index contributed by atoms with van der Waals surface area (Å²) in [6.07, 6.45) is 3.22. The molecular formula is C29H35N3O5. The van der Waals surface area contributed by atoms with Gasteiger partial charge in [0.15, 0.2) is 0 Å². The summed E-state index contributed by atoms with van der Waals surface area (Å²) in [6.45, 7) is 9.73. The van der Waals surface area contributed by atoms with Crippen LogP contribution in [0.15, 0.2) is 53.6 Å². The minimum Gasteiger partial charge on any atom is -0.481 e. The molecule has 0 aliphatic rings. The molecule has 2 heterocycles. The van der Waals surface area contributed by atoms with Crippen molar-refractivity contribution in [2.24, 2.45) is 5.92 Å². The van der Waals surface area contributed by atoms with Gasteiger partial charge in [0.05, 0.1) is 19.6 Å². The van der Waals surface area contributed by atoms with Gasteiger partial charge in [-0.25, -0.2) is 4.98 Å². The van der Waals surface area contributed by atoms with E-state index >= 15 is 0 Å². The Morgan fingerprint density at radius 3 is 2.35 bits per heavy atom. The zero-order valence-corrected chi connectivity index (χ0v) is 22.2. The number of aromatic nitrogens is 2. The van der Waals surface area contributed by atoms with Crippen molar-refractivity contribution in [3.8, 4) is 17.0 Å². The van der Waals surface area contributed by atoms with Crippen LogP contribution in [0.4, 0.5) is 0 Å². The lowest BCUT2D eigenvalue weighted by atomic mass is 9.93. The molecule has 2 aromatic heterocycles. The second-order valence-corrected chi connectivity index (χ2v) is 9.85. The number of amides is 1. The van der Waals surface area contributed by atoms with Gasteiger partial charge in [0, 0.05) is 24.0 Å². The Kier molecular flexibility index (Phi) is 8.86. The fourth-order valence-electron chi connectivity index (χ4n) is 4.57. The lowest BCUT2D eigenvalue weighted by Gasteiger charge is -2.25. The number of nitrogens with zero attached hydrogens (tertiary/aromatic N) is 2. The van der Waals surface area contributed by atoms with E-state index in [1.54, 1.807) is 12.3 Å². The maximum Gasteiger partial charge on any atom is 0.305 e. The van der Waals surface area contributed by atoms with Gasteiger partial charge in [-0.15, -0.1) is 0 Å². The summed E-state index contributed by atoms with van der Waals surface area (Å²) in [4.78, 5) is 42.5. The number of hydrogen-bond donors (Lipinski definition) is 2. The Morgan fingerprint density at radius 1 is 1.11 bits per heavy atom. The van der Waals surface area contributed by atoms with Crippen molar-refractivity contribution in [1.82, 2.24) is 14.9 Å². The van der Waals surface area contributed by atoms with E-state index in [9.17, 15) is 19.5 Å². The molecule has 0 aliphatic carbocycles. The summed E-state index contributed by atoms with van der Waals surface area (Å²) in [5.41, 5.74) is 4.76. The molecule has 0 radical (unpaired) electrons. The highest BCUT2D eigenvalue weighted by molar-refractivity contribution is 5.82. The highest BCUT2D eigenvalue weighted by Gasteiger charge is 2.28. The van der Waals surface area contributed by atoms with Gasteiger partial charge in [0.1, 0.15) is 6.04 Å². The number of ether oxygens (including phenoxy) is 1. The van der Waals surface area contributed by atoms with Crippen LogP contribution in [0.25, 0.3) is 11.1 Å². The number of benzene rings is 1. The van der Waals surface area contributed by atoms with Gasteiger partial charge in [-0.2, -0.15) is 0 Å². The number of carboxylic acid groups (broad SMARTS) is 1. The molecule has 196 valence electrons. The molecule has 3 rings (SSSR count). The fraction of sp³-hybridized carbons (Fsp3) is 0.379. The molecule has 0 spiro atoms. The summed E-state index contributed by atoms with van der Waals surface area (Å²) in [7, 11) is 1.53. The van der Waals surface area contributed by atoms with E-state index in [1.807, 2.05) is 58.9 Å². The first kappa shape index (κ1) is 27.6. The van der Waals surface area contributed by atoms with E-state index in [1.165, 1.54) is 23.9 Å². The number of carboxylic acids is 1. The number of methoxy groups -OCH3 is 1. The number of rotatable bonds is 10. The normalized spacial score (nSPS) is 12.7. The summed E-state index contributed by atoms with van der Waals surface area (Å²) in [5, 5.41) is 12.6. The van der Waals surface area contributed by atoms with Crippen LogP contribution in [-0.4, -0.2) is 33.6 Å². The highest BCUT2D eigenvalue weighted by atomic mass is 16.5. The third-order valence-electron chi connectivity index (χ3n) is 6.35. The molecule has 0 fully saturated rings. The minimum absolute atomic E-state index is 0.125. The monoisotopic (exact) mass is 505 g/mol. The Labute approximate surface area is 217 Å². The van der Waals surface area contributed by atoms with Crippen molar-refractivity contribution in [1.29, 1.82) is 0 Å². The molecule has 37 heavy (non-hydrogen) atoms. The van der Waals surface area contributed by atoms with Crippen LogP contribution < -0.4 is 15.6 Å². The zero-order chi connectivity index (χ0) is 27.3. The van der Waals surface area contributed by atoms with E-state index < -0.39 is 24.0 Å². The molecule has 0 aliphatic heterocycles. The van der Waals surface area contributed by atoms with Crippen molar-refractivity contribution in [2.75, 3.05) is 7.11 Å². The lowest BCUT2D eigenvalue weighted by molar-refractivity contribution is -0.138. The van der Waals surface area contributed by atoms with Gasteiger partial charge in [0.25, 0.3) is 5.56 Å². The SMILES string of the molecule is COc1ncc([C@H](CC(=O)O)NC(=O)[C@H](CC(C)C)n2ccc(C)cc2=O)cc1-c1c(C)cccc1C. The van der Waals surface area contributed by atoms with Gasteiger partial charge >= 0.3 is 5.97 Å². The van der Waals surface area contributed by atoms with Crippen molar-refractivity contribution in [2.45, 2.75) is 59.5 Å². The molecule has 2 N–H and O–H groups in total. The third kappa shape index (κ3) is 6.64. The van der Waals surface area contributed by atoms with E-state index in [4.69, 9.17) is 4.74 Å². The predicted octanol–water partition coefficient (Wildman–Crippen LogP) is 4.76. The third-order valence-corrected chi connectivity index (χ3v) is 6.35. The van der Waals surface area contributed by atoms with E-state index in [2.05, 4.69) is 10.3 Å². The van der Waals surface area contributed by atoms with E-state index in [0.717, 1.165) is 22.3 Å². The van der Waals surface area contributed by atoms with Crippen molar-refractivity contribution in [3.05, 3.63) is 81.4 Å². The number of aliphatic carboxylic acids is 1. The molecule has 2 atom stereocenters. The van der Waals surface area contributed by atoms with Crippen LogP contribution in [0.3, 0.4) is 0 Å². The standard InChI is InChI=1S/C29H35N3O5/c1-17(2)12-24(32-11-10-18(3)13-25(32)33)28(36)31-23(15-26(34)35)21-14-22(29(37-6)30-16-21)27-19(4)8-7-9-20(27)5/h7-11,13-14,16-17,23-24H,12,15H2,1-6H3,(H,31,36)(H,34,35)/t23-,24-/m0/s1. The molecule has 8 heteroatoms. The Balaban J connectivity index is 2.05. The van der Waals surface area contributed by atoms with Crippen LogP contribution >= 0.6 is 0 Å². The first-order chi connectivity index (χ1) is 17.5. The van der Waals surface area contributed by atoms with E-state index in [0.29, 0.717) is 23.4 Å². The number of carbonyl (C=O) groups is 2. The Bertz CT molecular complexity index is 1330. The number of pyridine rings is 2. The lowest BCUT2D eigenvalue weighted by Crippen LogP contribution is -2.40. The Morgan fingerprint density at radius 2 is 1.78 bits per heavy atom. The van der Waals surface area contributed by atoms with Crippen LogP contribution in [0.2, 0.25) is 0 Å². The van der Waals surface area contributed by atoms with Gasteiger partial charge in [-0.05, 0) is 73.1 Å². The molecule has 0 bridgehead atoms. The molecule has 1 amide bonds. The number of carbonyl (C=O) groups excluding carboxylic acids is 1. The van der Waals surface area contributed by atoms with Crippen LogP contribution in [0.5, 0.6) is 5.88 Å². The quantitative estimate of drug-likeness (QED) is 0.411. The number of nitrogens with one attached hydrogen (secondary N) is 1. The topological polar surface area (TPSA) is 111 Å². The molecule has 0 saturated heterocycles. The average molecular weight is 506 g/mol. The first-order valence-corrected chi connectivity index (χ1v) is 12.3. The Hall–Kier alpha value is -3.94. The zero-order valence-electron chi connectivity index (χ0n) is 22.2. The number of hydrogen-bond acceptors (Lipinski definition) is 5. The molecule has 0 saturated carbocycles. The smallest absolute Gasteiger partial charge is 0.305 e. The van der Waals surface area contributed by atoms with Crippen molar-refractivity contribution < 1.29 is 19.4 Å². The van der Waals surface area contributed by atoms with Gasteiger partial charge in [-0.1, -0.05) is 32.0 Å². The second kappa shape index (κ2) is 11.9. The molecule has 1 aromatic carbocycles. The highest BCUT2D eigenvalue weighted by Crippen LogP contribution is 2.35. The van der Waals surface area contributed by atoms with Crippen LogP contribution in [-0.2, 0) is 9.59 Å². The minimum atomic E-state index is -1.07.